The van der Waals surface area contributed by atoms with Crippen LogP contribution in [0.5, 0.6) is 0 Å². The van der Waals surface area contributed by atoms with Crippen molar-refractivity contribution in [3.8, 4) is 0 Å². The van der Waals surface area contributed by atoms with Crippen LogP contribution in [0, 0.1) is 0 Å². The number of fused-ring (bicyclic) bond motifs is 2. The number of aromatic nitrogens is 1. The van der Waals surface area contributed by atoms with E-state index in [2.05, 4.69) is 15.6 Å². The summed E-state index contributed by atoms with van der Waals surface area (Å²) in [5.74, 6) is -0.147. The number of hydrogen-bond acceptors (Lipinski definition) is 4. The highest BCUT2D eigenvalue weighted by Crippen LogP contribution is 2.24. The molecule has 0 spiro atoms. The fourth-order valence-electron chi connectivity index (χ4n) is 2.47. The monoisotopic (exact) mass is 391 g/mol. The van der Waals surface area contributed by atoms with Crippen LogP contribution in [-0.2, 0) is 9.53 Å². The van der Waals surface area contributed by atoms with Gasteiger partial charge in [0.2, 0.25) is 5.91 Å². The van der Waals surface area contributed by atoms with Gasteiger partial charge in [-0.3, -0.25) is 10.1 Å². The molecule has 1 heterocycles. The molecule has 134 valence electrons. The Bertz CT molecular complexity index is 992. The summed E-state index contributed by atoms with van der Waals surface area (Å²) in [5, 5.41) is 7.20. The molecule has 0 unspecified atom stereocenters. The Morgan fingerprint density at radius 2 is 1.58 bits per heavy atom. The fraction of sp³-hybridized carbons (Fsp3) is 0.167. The molecular formula is C18H15Cl2N3O3. The molecule has 3 rings (SSSR count). The SMILES string of the molecule is CC(=O)Nc1ccc2cc3ccc(NC(=O)OCC(Cl)Cl)cc3nc2c1. The number of hydrogen-bond donors (Lipinski definition) is 2. The minimum atomic E-state index is -0.775. The van der Waals surface area contributed by atoms with Crippen LogP contribution >= 0.6 is 23.2 Å². The first-order valence-electron chi connectivity index (χ1n) is 7.75. The molecule has 0 fully saturated rings. The summed E-state index contributed by atoms with van der Waals surface area (Å²) in [5.41, 5.74) is 2.64. The summed E-state index contributed by atoms with van der Waals surface area (Å²) < 4.78 is 4.87. The van der Waals surface area contributed by atoms with Crippen molar-refractivity contribution in [1.29, 1.82) is 0 Å². The Morgan fingerprint density at radius 3 is 2.12 bits per heavy atom. The van der Waals surface area contributed by atoms with Crippen LogP contribution in [-0.4, -0.2) is 28.4 Å². The lowest BCUT2D eigenvalue weighted by molar-refractivity contribution is -0.114. The first-order chi connectivity index (χ1) is 12.4. The van der Waals surface area contributed by atoms with E-state index in [9.17, 15) is 9.59 Å². The van der Waals surface area contributed by atoms with Crippen molar-refractivity contribution in [3.05, 3.63) is 42.5 Å². The summed E-state index contributed by atoms with van der Waals surface area (Å²) in [4.78, 5) is 26.7. The minimum absolute atomic E-state index is 0.0999. The maximum Gasteiger partial charge on any atom is 0.411 e. The number of benzene rings is 2. The Hall–Kier alpha value is -2.57. The molecule has 8 heteroatoms. The number of carbonyl (C=O) groups excluding carboxylic acids is 2. The van der Waals surface area contributed by atoms with Gasteiger partial charge in [-0.15, -0.1) is 23.2 Å². The van der Waals surface area contributed by atoms with Crippen LogP contribution in [0.1, 0.15) is 6.92 Å². The van der Waals surface area contributed by atoms with E-state index >= 15 is 0 Å². The molecule has 0 atom stereocenters. The molecule has 26 heavy (non-hydrogen) atoms. The number of rotatable bonds is 4. The third-order valence-corrected chi connectivity index (χ3v) is 3.77. The number of nitrogens with zero attached hydrogens (tertiary/aromatic N) is 1. The van der Waals surface area contributed by atoms with E-state index < -0.39 is 10.9 Å². The second-order valence-electron chi connectivity index (χ2n) is 5.60. The molecule has 1 aromatic heterocycles. The summed E-state index contributed by atoms with van der Waals surface area (Å²) in [6.45, 7) is 1.35. The lowest BCUT2D eigenvalue weighted by atomic mass is 10.1. The van der Waals surface area contributed by atoms with Gasteiger partial charge in [0.1, 0.15) is 11.4 Å². The Balaban J connectivity index is 1.88. The Labute approximate surface area is 159 Å². The van der Waals surface area contributed by atoms with Crippen LogP contribution in [0.25, 0.3) is 21.8 Å². The minimum Gasteiger partial charge on any atom is -0.446 e. The highest BCUT2D eigenvalue weighted by Gasteiger charge is 2.08. The number of nitrogens with one attached hydrogen (secondary N) is 2. The number of ether oxygens (including phenoxy) is 1. The summed E-state index contributed by atoms with van der Waals surface area (Å²) >= 11 is 11.1. The first kappa shape index (κ1) is 18.2. The third-order valence-electron chi connectivity index (χ3n) is 3.52. The average molecular weight is 392 g/mol. The van der Waals surface area contributed by atoms with Gasteiger partial charge >= 0.3 is 6.09 Å². The van der Waals surface area contributed by atoms with Crippen molar-refractivity contribution in [2.45, 2.75) is 11.8 Å². The summed E-state index contributed by atoms with van der Waals surface area (Å²) in [7, 11) is 0. The largest absolute Gasteiger partial charge is 0.446 e. The second kappa shape index (κ2) is 7.76. The standard InChI is InChI=1S/C18H15Cl2N3O3/c1-10(24)21-13-4-2-11-6-12-3-5-14(8-16(12)23-15(11)7-13)22-18(25)26-9-17(19)20/h2-8,17H,9H2,1H3,(H,21,24)(H,22,25). The van der Waals surface area contributed by atoms with E-state index in [0.717, 1.165) is 16.3 Å². The van der Waals surface area contributed by atoms with Crippen LogP contribution in [0.15, 0.2) is 42.5 Å². The molecule has 0 aliphatic heterocycles. The van der Waals surface area contributed by atoms with E-state index in [4.69, 9.17) is 27.9 Å². The van der Waals surface area contributed by atoms with E-state index in [1.807, 2.05) is 24.3 Å². The van der Waals surface area contributed by atoms with Crippen molar-refractivity contribution >= 4 is 68.4 Å². The molecule has 2 N–H and O–H groups in total. The second-order valence-corrected chi connectivity index (χ2v) is 6.88. The van der Waals surface area contributed by atoms with Crippen molar-refractivity contribution in [2.75, 3.05) is 17.2 Å². The summed E-state index contributed by atoms with van der Waals surface area (Å²) in [6, 6.07) is 12.8. The molecule has 0 radical (unpaired) electrons. The van der Waals surface area contributed by atoms with E-state index in [-0.39, 0.29) is 12.5 Å². The van der Waals surface area contributed by atoms with Gasteiger partial charge in [0.15, 0.2) is 0 Å². The third kappa shape index (κ3) is 4.53. The zero-order valence-electron chi connectivity index (χ0n) is 13.8. The van der Waals surface area contributed by atoms with Crippen LogP contribution in [0.4, 0.5) is 16.2 Å². The topological polar surface area (TPSA) is 80.3 Å². The molecule has 6 nitrogen and oxygen atoms in total. The predicted molar refractivity (Wildman–Crippen MR) is 104 cm³/mol. The molecule has 2 aromatic carbocycles. The lowest BCUT2D eigenvalue weighted by Gasteiger charge is -2.09. The van der Waals surface area contributed by atoms with Gasteiger partial charge in [0.25, 0.3) is 0 Å². The highest BCUT2D eigenvalue weighted by atomic mass is 35.5. The molecular weight excluding hydrogens is 377 g/mol. The molecule has 0 aliphatic rings. The number of halogens is 2. The number of alkyl halides is 2. The van der Waals surface area contributed by atoms with Gasteiger partial charge in [-0.1, -0.05) is 12.1 Å². The molecule has 0 bridgehead atoms. The zero-order valence-corrected chi connectivity index (χ0v) is 15.3. The number of amides is 2. The van der Waals surface area contributed by atoms with E-state index in [1.165, 1.54) is 6.92 Å². The van der Waals surface area contributed by atoms with Crippen molar-refractivity contribution in [2.24, 2.45) is 0 Å². The average Bonchev–Trinajstić information content (AvgIpc) is 2.57. The lowest BCUT2D eigenvalue weighted by Crippen LogP contribution is -2.16. The molecule has 0 saturated heterocycles. The normalized spacial score (nSPS) is 10.9. The van der Waals surface area contributed by atoms with Crippen molar-refractivity contribution in [1.82, 2.24) is 4.98 Å². The molecule has 3 aromatic rings. The van der Waals surface area contributed by atoms with E-state index in [0.29, 0.717) is 16.9 Å². The Kier molecular flexibility index (Phi) is 5.44. The van der Waals surface area contributed by atoms with Crippen LogP contribution in [0.3, 0.4) is 0 Å². The smallest absolute Gasteiger partial charge is 0.411 e. The van der Waals surface area contributed by atoms with Gasteiger partial charge in [-0.2, -0.15) is 0 Å². The van der Waals surface area contributed by atoms with Gasteiger partial charge < -0.3 is 10.1 Å². The maximum atomic E-state index is 11.7. The predicted octanol–water partition coefficient (Wildman–Crippen LogP) is 4.70. The van der Waals surface area contributed by atoms with Gasteiger partial charge in [-0.25, -0.2) is 9.78 Å². The number of carbonyl (C=O) groups is 2. The molecule has 0 saturated carbocycles. The zero-order chi connectivity index (χ0) is 18.7. The maximum absolute atomic E-state index is 11.7. The molecule has 2 amide bonds. The molecule has 0 aliphatic carbocycles. The van der Waals surface area contributed by atoms with Gasteiger partial charge in [0.05, 0.1) is 11.0 Å². The van der Waals surface area contributed by atoms with E-state index in [1.54, 1.807) is 18.2 Å². The van der Waals surface area contributed by atoms with Crippen LogP contribution in [0.2, 0.25) is 0 Å². The van der Waals surface area contributed by atoms with Gasteiger partial charge in [-0.05, 0) is 30.3 Å². The van der Waals surface area contributed by atoms with Gasteiger partial charge in [0, 0.05) is 29.1 Å². The summed E-state index contributed by atoms with van der Waals surface area (Å²) in [6.07, 6.45) is -0.649. The quantitative estimate of drug-likeness (QED) is 0.498. The number of pyridine rings is 1. The van der Waals surface area contributed by atoms with Crippen molar-refractivity contribution in [3.63, 3.8) is 0 Å². The van der Waals surface area contributed by atoms with Crippen molar-refractivity contribution < 1.29 is 14.3 Å². The Morgan fingerprint density at radius 1 is 1.00 bits per heavy atom. The number of anilines is 2. The fourth-order valence-corrected chi connectivity index (χ4v) is 2.60. The van der Waals surface area contributed by atoms with Crippen LogP contribution < -0.4 is 10.6 Å². The highest BCUT2D eigenvalue weighted by molar-refractivity contribution is 6.44. The first-order valence-corrected chi connectivity index (χ1v) is 8.62.